The van der Waals surface area contributed by atoms with Gasteiger partial charge in [-0.3, -0.25) is 0 Å². The molecule has 0 aliphatic carbocycles. The van der Waals surface area contributed by atoms with Gasteiger partial charge < -0.3 is 0 Å². The molecule has 0 radical (unpaired) electrons. The Kier molecular flexibility index (Phi) is 6.49. The van der Waals surface area contributed by atoms with Crippen molar-refractivity contribution in [2.45, 2.75) is 23.6 Å². The summed E-state index contributed by atoms with van der Waals surface area (Å²) in [6.07, 6.45) is 0. The zero-order chi connectivity index (χ0) is 22.3. The molecule has 30 heavy (non-hydrogen) atoms. The summed E-state index contributed by atoms with van der Waals surface area (Å²) >= 11 is 12.4. The zero-order valence-corrected chi connectivity index (χ0v) is 19.4. The smallest absolute Gasteiger partial charge is 0.207 e. The maximum absolute atomic E-state index is 13.2. The molecule has 0 spiro atoms. The van der Waals surface area contributed by atoms with Gasteiger partial charge in [0.25, 0.3) is 0 Å². The monoisotopic (exact) mass is 487 g/mol. The van der Waals surface area contributed by atoms with Gasteiger partial charge in [-0.05, 0) is 43.2 Å². The standard InChI is InChI=1S/C19H19Cl2N3O4S2/c1-13-11-16(20)14(2)19(18(13)21)30(27,28)24-9-7-23(8-10-24)29(25,26)17-6-4-3-5-15(17)12-22/h3-6,11H,7-10H2,1-2H3. The summed E-state index contributed by atoms with van der Waals surface area (Å²) in [4.78, 5) is -0.145. The van der Waals surface area contributed by atoms with Crippen LogP contribution in [-0.4, -0.2) is 51.6 Å². The van der Waals surface area contributed by atoms with Gasteiger partial charge in [0.15, 0.2) is 0 Å². The Morgan fingerprint density at radius 2 is 1.47 bits per heavy atom. The van der Waals surface area contributed by atoms with E-state index < -0.39 is 20.0 Å². The highest BCUT2D eigenvalue weighted by molar-refractivity contribution is 7.89. The van der Waals surface area contributed by atoms with Gasteiger partial charge in [0.05, 0.1) is 15.5 Å². The Balaban J connectivity index is 1.88. The predicted molar refractivity (Wildman–Crippen MR) is 115 cm³/mol. The number of nitriles is 1. The van der Waals surface area contributed by atoms with Crippen LogP contribution in [-0.2, 0) is 20.0 Å². The maximum Gasteiger partial charge on any atom is 0.244 e. The lowest BCUT2D eigenvalue weighted by molar-refractivity contribution is 0.272. The predicted octanol–water partition coefficient (Wildman–Crippen LogP) is 3.18. The van der Waals surface area contributed by atoms with Crippen LogP contribution in [0, 0.1) is 25.2 Å². The number of benzene rings is 2. The van der Waals surface area contributed by atoms with Crippen molar-refractivity contribution in [3.8, 4) is 6.07 Å². The molecule has 160 valence electrons. The van der Waals surface area contributed by atoms with Gasteiger partial charge in [0.1, 0.15) is 11.0 Å². The highest BCUT2D eigenvalue weighted by Crippen LogP contribution is 2.35. The first-order valence-corrected chi connectivity index (χ1v) is 12.6. The third-order valence-corrected chi connectivity index (χ3v) is 10.0. The number of rotatable bonds is 4. The first kappa shape index (κ1) is 23.0. The van der Waals surface area contributed by atoms with Crippen LogP contribution in [0.4, 0.5) is 0 Å². The van der Waals surface area contributed by atoms with Crippen LogP contribution in [0.1, 0.15) is 16.7 Å². The molecule has 1 saturated heterocycles. The molecule has 1 aliphatic rings. The third-order valence-electron chi connectivity index (χ3n) is 5.01. The van der Waals surface area contributed by atoms with Crippen LogP contribution in [0.2, 0.25) is 10.0 Å². The number of hydrogen-bond acceptors (Lipinski definition) is 5. The molecule has 7 nitrogen and oxygen atoms in total. The molecule has 0 amide bonds. The van der Waals surface area contributed by atoms with Crippen LogP contribution < -0.4 is 0 Å². The fraction of sp³-hybridized carbons (Fsp3) is 0.316. The Morgan fingerprint density at radius 1 is 0.933 bits per heavy atom. The number of piperazine rings is 1. The number of hydrogen-bond donors (Lipinski definition) is 0. The van der Waals surface area contributed by atoms with Gasteiger partial charge in [-0.25, -0.2) is 16.8 Å². The summed E-state index contributed by atoms with van der Waals surface area (Å²) in [6.45, 7) is 3.08. The van der Waals surface area contributed by atoms with Crippen LogP contribution in [0.15, 0.2) is 40.1 Å². The minimum absolute atomic E-state index is 0.0440. The van der Waals surface area contributed by atoms with E-state index in [1.807, 2.05) is 6.07 Å². The molecule has 0 unspecified atom stereocenters. The highest BCUT2D eigenvalue weighted by Gasteiger charge is 2.36. The van der Waals surface area contributed by atoms with Crippen LogP contribution in [0.25, 0.3) is 0 Å². The molecule has 0 saturated carbocycles. The van der Waals surface area contributed by atoms with Gasteiger partial charge in [0.2, 0.25) is 20.0 Å². The zero-order valence-electron chi connectivity index (χ0n) is 16.3. The summed E-state index contributed by atoms with van der Waals surface area (Å²) in [5.41, 5.74) is 0.940. The second-order valence-electron chi connectivity index (χ2n) is 6.86. The second-order valence-corrected chi connectivity index (χ2v) is 11.4. The largest absolute Gasteiger partial charge is 0.244 e. The molecule has 1 fully saturated rings. The van der Waals surface area contributed by atoms with E-state index >= 15 is 0 Å². The van der Waals surface area contributed by atoms with Gasteiger partial charge >= 0.3 is 0 Å². The van der Waals surface area contributed by atoms with Crippen molar-refractivity contribution in [3.05, 3.63) is 57.1 Å². The number of sulfonamides is 2. The van der Waals surface area contributed by atoms with E-state index in [0.717, 1.165) is 0 Å². The number of nitrogens with zero attached hydrogens (tertiary/aromatic N) is 3. The lowest BCUT2D eigenvalue weighted by atomic mass is 10.2. The van der Waals surface area contributed by atoms with Crippen molar-refractivity contribution < 1.29 is 16.8 Å². The molecular weight excluding hydrogens is 469 g/mol. The summed E-state index contributed by atoms with van der Waals surface area (Å²) < 4.78 is 54.8. The average Bonchev–Trinajstić information content (AvgIpc) is 2.72. The first-order chi connectivity index (χ1) is 14.0. The summed E-state index contributed by atoms with van der Waals surface area (Å²) in [7, 11) is -7.90. The van der Waals surface area contributed by atoms with Crippen molar-refractivity contribution in [2.24, 2.45) is 0 Å². The molecule has 0 N–H and O–H groups in total. The number of halogens is 2. The van der Waals surface area contributed by atoms with Crippen molar-refractivity contribution >= 4 is 43.2 Å². The molecule has 0 bridgehead atoms. The third kappa shape index (κ3) is 3.96. The highest BCUT2D eigenvalue weighted by atomic mass is 35.5. The molecule has 3 rings (SSSR count). The summed E-state index contributed by atoms with van der Waals surface area (Å²) in [6, 6.07) is 9.41. The van der Waals surface area contributed by atoms with Crippen molar-refractivity contribution in [3.63, 3.8) is 0 Å². The van der Waals surface area contributed by atoms with Crippen molar-refractivity contribution in [1.82, 2.24) is 8.61 Å². The molecule has 1 heterocycles. The van der Waals surface area contributed by atoms with Gasteiger partial charge in [-0.1, -0.05) is 35.3 Å². The molecule has 11 heteroatoms. The van der Waals surface area contributed by atoms with Crippen LogP contribution in [0.5, 0.6) is 0 Å². The molecule has 2 aromatic rings. The Morgan fingerprint density at radius 3 is 2.03 bits per heavy atom. The quantitative estimate of drug-likeness (QED) is 0.659. The van der Waals surface area contributed by atoms with Gasteiger partial charge in [0, 0.05) is 31.2 Å². The van der Waals surface area contributed by atoms with Crippen LogP contribution in [0.3, 0.4) is 0 Å². The van der Waals surface area contributed by atoms with Crippen molar-refractivity contribution in [2.75, 3.05) is 26.2 Å². The molecule has 1 aliphatic heterocycles. The normalized spacial score (nSPS) is 16.4. The summed E-state index contributed by atoms with van der Waals surface area (Å²) in [5, 5.41) is 9.61. The van der Waals surface area contributed by atoms with E-state index in [9.17, 15) is 22.1 Å². The lowest BCUT2D eigenvalue weighted by Crippen LogP contribution is -2.50. The lowest BCUT2D eigenvalue weighted by Gasteiger charge is -2.34. The topological polar surface area (TPSA) is 98.6 Å². The molecule has 2 aromatic carbocycles. The van der Waals surface area contributed by atoms with Crippen molar-refractivity contribution in [1.29, 1.82) is 5.26 Å². The minimum atomic E-state index is -3.97. The second kappa shape index (κ2) is 8.46. The number of aryl methyl sites for hydroxylation is 1. The van der Waals surface area contributed by atoms with E-state index in [-0.39, 0.29) is 46.6 Å². The fourth-order valence-electron chi connectivity index (χ4n) is 3.32. The summed E-state index contributed by atoms with van der Waals surface area (Å²) in [5.74, 6) is 0. The Labute approximate surface area is 186 Å². The van der Waals surface area contributed by atoms with E-state index in [1.54, 1.807) is 32.0 Å². The Hall–Kier alpha value is -1.67. The van der Waals surface area contributed by atoms with E-state index in [1.165, 1.54) is 20.7 Å². The van der Waals surface area contributed by atoms with Gasteiger partial charge in [-0.15, -0.1) is 0 Å². The average molecular weight is 488 g/mol. The van der Waals surface area contributed by atoms with Crippen LogP contribution >= 0.6 is 23.2 Å². The molecule has 0 aromatic heterocycles. The van der Waals surface area contributed by atoms with Gasteiger partial charge in [-0.2, -0.15) is 13.9 Å². The molecular formula is C19H19Cl2N3O4S2. The molecule has 0 atom stereocenters. The van der Waals surface area contributed by atoms with E-state index in [4.69, 9.17) is 23.2 Å². The fourth-order valence-corrected chi connectivity index (χ4v) is 7.48. The first-order valence-electron chi connectivity index (χ1n) is 8.96. The minimum Gasteiger partial charge on any atom is -0.207 e. The van der Waals surface area contributed by atoms with E-state index in [0.29, 0.717) is 16.1 Å². The SMILES string of the molecule is Cc1cc(Cl)c(C)c(S(=O)(=O)N2CCN(S(=O)(=O)c3ccccc3C#N)CC2)c1Cl. The Bertz CT molecular complexity index is 1220. The van der Waals surface area contributed by atoms with E-state index in [2.05, 4.69) is 0 Å². The maximum atomic E-state index is 13.2.